The van der Waals surface area contributed by atoms with E-state index in [-0.39, 0.29) is 5.97 Å². The number of ether oxygens (including phenoxy) is 1. The van der Waals surface area contributed by atoms with E-state index in [1.54, 1.807) is 11.3 Å². The summed E-state index contributed by atoms with van der Waals surface area (Å²) in [7, 11) is 1.38. The molecule has 0 N–H and O–H groups in total. The summed E-state index contributed by atoms with van der Waals surface area (Å²) in [5, 5.41) is 2.48. The van der Waals surface area contributed by atoms with Gasteiger partial charge in [-0.1, -0.05) is 22.0 Å². The molecule has 0 saturated carbocycles. The SMILES string of the molecule is COC(=O)/C(=C\c1cccs1)CBr. The van der Waals surface area contributed by atoms with Crippen LogP contribution in [0.4, 0.5) is 0 Å². The first kappa shape index (κ1) is 10.5. The number of hydrogen-bond acceptors (Lipinski definition) is 3. The lowest BCUT2D eigenvalue weighted by Gasteiger charge is -1.99. The topological polar surface area (TPSA) is 26.3 Å². The van der Waals surface area contributed by atoms with Gasteiger partial charge in [0.1, 0.15) is 0 Å². The van der Waals surface area contributed by atoms with Crippen LogP contribution in [0.25, 0.3) is 6.08 Å². The van der Waals surface area contributed by atoms with E-state index in [2.05, 4.69) is 20.7 Å². The van der Waals surface area contributed by atoms with Gasteiger partial charge in [0, 0.05) is 15.8 Å². The summed E-state index contributed by atoms with van der Waals surface area (Å²) >= 11 is 4.83. The van der Waals surface area contributed by atoms with Crippen LogP contribution in [0, 0.1) is 0 Å². The van der Waals surface area contributed by atoms with Crippen molar-refractivity contribution >= 4 is 39.3 Å². The average molecular weight is 261 g/mol. The van der Waals surface area contributed by atoms with E-state index in [1.807, 2.05) is 23.6 Å². The van der Waals surface area contributed by atoms with Crippen molar-refractivity contribution in [2.24, 2.45) is 0 Å². The van der Waals surface area contributed by atoms with Gasteiger partial charge in [-0.25, -0.2) is 4.79 Å². The number of hydrogen-bond donors (Lipinski definition) is 0. The first-order valence-electron chi connectivity index (χ1n) is 3.66. The Hall–Kier alpha value is -0.610. The summed E-state index contributed by atoms with van der Waals surface area (Å²) in [6, 6.07) is 3.90. The van der Waals surface area contributed by atoms with Crippen molar-refractivity contribution in [3.05, 3.63) is 28.0 Å². The molecule has 70 valence electrons. The third-order valence-corrected chi connectivity index (χ3v) is 2.87. The van der Waals surface area contributed by atoms with E-state index in [1.165, 1.54) is 7.11 Å². The lowest BCUT2D eigenvalue weighted by molar-refractivity contribution is -0.135. The summed E-state index contributed by atoms with van der Waals surface area (Å²) in [4.78, 5) is 12.2. The summed E-state index contributed by atoms with van der Waals surface area (Å²) in [5.41, 5.74) is 0.630. The maximum Gasteiger partial charge on any atom is 0.334 e. The molecule has 0 aliphatic carbocycles. The van der Waals surface area contributed by atoms with Crippen LogP contribution in [0.3, 0.4) is 0 Å². The summed E-state index contributed by atoms with van der Waals surface area (Å²) in [6.45, 7) is 0. The number of carbonyl (C=O) groups is 1. The number of methoxy groups -OCH3 is 1. The van der Waals surface area contributed by atoms with Crippen LogP contribution in [0.2, 0.25) is 0 Å². The predicted molar refractivity (Wildman–Crippen MR) is 58.1 cm³/mol. The summed E-state index contributed by atoms with van der Waals surface area (Å²) in [6.07, 6.45) is 1.82. The molecule has 0 saturated heterocycles. The molecule has 0 aliphatic rings. The van der Waals surface area contributed by atoms with Crippen molar-refractivity contribution < 1.29 is 9.53 Å². The van der Waals surface area contributed by atoms with E-state index in [0.29, 0.717) is 10.9 Å². The van der Waals surface area contributed by atoms with Gasteiger partial charge in [0.15, 0.2) is 0 Å². The van der Waals surface area contributed by atoms with Crippen LogP contribution in [-0.2, 0) is 9.53 Å². The third-order valence-electron chi connectivity index (χ3n) is 1.45. The second-order valence-corrected chi connectivity index (χ2v) is 3.85. The number of alkyl halides is 1. The van der Waals surface area contributed by atoms with E-state index in [0.717, 1.165) is 4.88 Å². The van der Waals surface area contributed by atoms with Gasteiger partial charge in [-0.2, -0.15) is 0 Å². The largest absolute Gasteiger partial charge is 0.466 e. The molecular weight excluding hydrogens is 252 g/mol. The zero-order valence-electron chi connectivity index (χ0n) is 7.12. The molecule has 2 nitrogen and oxygen atoms in total. The van der Waals surface area contributed by atoms with Gasteiger partial charge in [0.2, 0.25) is 0 Å². The highest BCUT2D eigenvalue weighted by atomic mass is 79.9. The van der Waals surface area contributed by atoms with Gasteiger partial charge >= 0.3 is 5.97 Å². The molecule has 0 aromatic carbocycles. The first-order valence-corrected chi connectivity index (χ1v) is 5.66. The fourth-order valence-electron chi connectivity index (χ4n) is 0.828. The number of halogens is 1. The van der Waals surface area contributed by atoms with Crippen LogP contribution in [0.15, 0.2) is 23.1 Å². The van der Waals surface area contributed by atoms with Crippen molar-refractivity contribution in [2.75, 3.05) is 12.4 Å². The number of rotatable bonds is 3. The molecule has 0 spiro atoms. The van der Waals surface area contributed by atoms with Crippen molar-refractivity contribution in [2.45, 2.75) is 0 Å². The fraction of sp³-hybridized carbons (Fsp3) is 0.222. The molecule has 0 bridgehead atoms. The molecule has 0 unspecified atom stereocenters. The number of thiophene rings is 1. The summed E-state index contributed by atoms with van der Waals surface area (Å²) < 4.78 is 4.62. The van der Waals surface area contributed by atoms with Crippen LogP contribution in [0.1, 0.15) is 4.88 Å². The molecule has 0 amide bonds. The Morgan fingerprint density at radius 1 is 1.77 bits per heavy atom. The second kappa shape index (κ2) is 5.19. The molecule has 0 radical (unpaired) electrons. The van der Waals surface area contributed by atoms with Crippen LogP contribution in [0.5, 0.6) is 0 Å². The molecule has 1 rings (SSSR count). The number of esters is 1. The van der Waals surface area contributed by atoms with Crippen molar-refractivity contribution in [3.63, 3.8) is 0 Å². The minimum Gasteiger partial charge on any atom is -0.466 e. The third kappa shape index (κ3) is 2.97. The maximum atomic E-state index is 11.2. The van der Waals surface area contributed by atoms with Gasteiger partial charge in [0.25, 0.3) is 0 Å². The van der Waals surface area contributed by atoms with Gasteiger partial charge in [0.05, 0.1) is 7.11 Å². The van der Waals surface area contributed by atoms with E-state index >= 15 is 0 Å². The monoisotopic (exact) mass is 260 g/mol. The Labute approximate surface area is 89.3 Å². The van der Waals surface area contributed by atoms with Crippen LogP contribution in [-0.4, -0.2) is 18.4 Å². The summed E-state index contributed by atoms with van der Waals surface area (Å²) in [5.74, 6) is -0.287. The van der Waals surface area contributed by atoms with Crippen LogP contribution >= 0.6 is 27.3 Å². The highest BCUT2D eigenvalue weighted by molar-refractivity contribution is 9.09. The van der Waals surface area contributed by atoms with Crippen LogP contribution < -0.4 is 0 Å². The van der Waals surface area contributed by atoms with Gasteiger partial charge < -0.3 is 4.74 Å². The first-order chi connectivity index (χ1) is 6.27. The number of carbonyl (C=O) groups excluding carboxylic acids is 1. The van der Waals surface area contributed by atoms with E-state index in [9.17, 15) is 4.79 Å². The predicted octanol–water partition coefficient (Wildman–Crippen LogP) is 2.70. The highest BCUT2D eigenvalue weighted by Crippen LogP contribution is 2.15. The van der Waals surface area contributed by atoms with E-state index in [4.69, 9.17) is 0 Å². The van der Waals surface area contributed by atoms with Crippen molar-refractivity contribution in [1.82, 2.24) is 0 Å². The van der Waals surface area contributed by atoms with Gasteiger partial charge in [-0.05, 0) is 17.5 Å². The minimum atomic E-state index is -0.287. The Balaban J connectivity index is 2.83. The quantitative estimate of drug-likeness (QED) is 0.475. The lowest BCUT2D eigenvalue weighted by Crippen LogP contribution is -2.05. The molecule has 0 aliphatic heterocycles. The maximum absolute atomic E-state index is 11.2. The molecule has 1 aromatic heterocycles. The Morgan fingerprint density at radius 3 is 3.00 bits per heavy atom. The molecule has 13 heavy (non-hydrogen) atoms. The van der Waals surface area contributed by atoms with Gasteiger partial charge in [-0.15, -0.1) is 11.3 Å². The van der Waals surface area contributed by atoms with Crippen molar-refractivity contribution in [3.8, 4) is 0 Å². The zero-order valence-corrected chi connectivity index (χ0v) is 9.52. The molecular formula is C9H9BrO2S. The normalized spacial score (nSPS) is 11.4. The minimum absolute atomic E-state index is 0.287. The smallest absolute Gasteiger partial charge is 0.334 e. The zero-order chi connectivity index (χ0) is 9.68. The molecule has 0 fully saturated rings. The molecule has 1 aromatic rings. The standard InChI is InChI=1S/C9H9BrO2S/c1-12-9(11)7(6-10)5-8-3-2-4-13-8/h2-5H,6H2,1H3/b7-5-. The Bertz CT molecular complexity index is 303. The highest BCUT2D eigenvalue weighted by Gasteiger charge is 2.07. The molecule has 4 heteroatoms. The van der Waals surface area contributed by atoms with E-state index < -0.39 is 0 Å². The lowest BCUT2D eigenvalue weighted by atomic mass is 10.2. The van der Waals surface area contributed by atoms with Crippen molar-refractivity contribution in [1.29, 1.82) is 0 Å². The Kier molecular flexibility index (Phi) is 4.18. The molecule has 1 heterocycles. The average Bonchev–Trinajstić information content (AvgIpc) is 2.65. The fourth-order valence-corrected chi connectivity index (χ4v) is 1.90. The Morgan fingerprint density at radius 2 is 2.54 bits per heavy atom. The second-order valence-electron chi connectivity index (χ2n) is 2.31. The molecule has 0 atom stereocenters. The van der Waals surface area contributed by atoms with Gasteiger partial charge in [-0.3, -0.25) is 0 Å².